The lowest BCUT2D eigenvalue weighted by molar-refractivity contribution is -0.136. The van der Waals surface area contributed by atoms with E-state index in [-0.39, 0.29) is 24.4 Å². The fraction of sp³-hybridized carbons (Fsp3) is 0.375. The van der Waals surface area contributed by atoms with Crippen LogP contribution in [0.25, 0.3) is 10.2 Å². The Bertz CT molecular complexity index is 1500. The second-order valence-corrected chi connectivity index (χ2v) is 12.4. The number of nitrogens with zero attached hydrogens (tertiary/aromatic N) is 2. The van der Waals surface area contributed by atoms with Crippen LogP contribution in [-0.4, -0.2) is 27.3 Å². The predicted molar refractivity (Wildman–Crippen MR) is 158 cm³/mol. The number of hydrogen-bond donors (Lipinski definition) is 1. The molecule has 1 N–H and O–H groups in total. The Morgan fingerprint density at radius 2 is 1.74 bits per heavy atom. The van der Waals surface area contributed by atoms with Crippen LogP contribution in [-0.2, 0) is 29.8 Å². The average Bonchev–Trinajstić information content (AvgIpc) is 3.40. The van der Waals surface area contributed by atoms with Crippen molar-refractivity contribution in [2.24, 2.45) is 0 Å². The zero-order valence-corrected chi connectivity index (χ0v) is 23.9. The van der Waals surface area contributed by atoms with Crippen molar-refractivity contribution in [2.45, 2.75) is 76.5 Å². The van der Waals surface area contributed by atoms with Crippen LogP contribution in [0, 0.1) is 0 Å². The number of hydrogen-bond acceptors (Lipinski definition) is 3. The van der Waals surface area contributed by atoms with Crippen molar-refractivity contribution in [3.05, 3.63) is 93.5 Å². The van der Waals surface area contributed by atoms with E-state index in [1.165, 1.54) is 17.7 Å². The van der Waals surface area contributed by atoms with Gasteiger partial charge in [-0.25, -0.2) is 0 Å². The Kier molecular flexibility index (Phi) is 7.25. The number of nitrogens with one attached hydrogen (secondary N) is 1. The number of amides is 2. The van der Waals surface area contributed by atoms with Gasteiger partial charge in [0, 0.05) is 22.5 Å². The molecule has 3 heterocycles. The van der Waals surface area contributed by atoms with Crippen LogP contribution in [0.3, 0.4) is 0 Å². The van der Waals surface area contributed by atoms with Crippen LogP contribution in [0.2, 0.25) is 5.02 Å². The summed E-state index contributed by atoms with van der Waals surface area (Å²) in [4.78, 5) is 32.2. The summed E-state index contributed by atoms with van der Waals surface area (Å²) in [5.74, 6) is -0.262. The second-order valence-electron chi connectivity index (χ2n) is 10.8. The first-order valence-electron chi connectivity index (χ1n) is 14.0. The molecule has 0 saturated heterocycles. The normalized spacial score (nSPS) is 20.2. The summed E-state index contributed by atoms with van der Waals surface area (Å²) in [6, 6.07) is 21.7. The van der Waals surface area contributed by atoms with Gasteiger partial charge >= 0.3 is 0 Å². The van der Waals surface area contributed by atoms with Crippen molar-refractivity contribution in [3.63, 3.8) is 0 Å². The minimum Gasteiger partial charge on any atom is -0.351 e. The molecule has 1 unspecified atom stereocenters. The van der Waals surface area contributed by atoms with Crippen LogP contribution in [0.1, 0.15) is 71.9 Å². The number of fused-ring (bicyclic) bond motifs is 3. The van der Waals surface area contributed by atoms with Crippen molar-refractivity contribution >= 4 is 45.0 Å². The molecule has 1 aliphatic heterocycles. The van der Waals surface area contributed by atoms with Crippen molar-refractivity contribution in [2.75, 3.05) is 0 Å². The minimum absolute atomic E-state index is 0.108. The molecule has 1 fully saturated rings. The molecule has 1 aliphatic carbocycles. The number of aryl methyl sites for hydroxylation is 1. The topological polar surface area (TPSA) is 54.3 Å². The van der Waals surface area contributed by atoms with E-state index in [0.717, 1.165) is 53.4 Å². The maximum Gasteiger partial charge on any atom is 0.272 e. The number of halogens is 1. The van der Waals surface area contributed by atoms with E-state index in [0.29, 0.717) is 17.3 Å². The maximum absolute atomic E-state index is 14.7. The zero-order valence-electron chi connectivity index (χ0n) is 22.3. The monoisotopic (exact) mass is 559 g/mol. The van der Waals surface area contributed by atoms with Gasteiger partial charge in [-0.3, -0.25) is 9.59 Å². The SMILES string of the molecule is CCc1cc2c(cc3n2CC(C(=O)NC2CCCCCC2)(c2ccccc2)N(Cc2ccccc2Cl)C3=O)s1. The standard InChI is InChI=1S/C32H34ClN3O2S/c1-2-25-18-27-29(39-25)19-28-30(37)36(20-22-12-10-11-17-26(22)33)32(21-35(27)28,23-13-6-5-7-14-23)31(38)34-24-15-8-3-4-9-16-24/h5-7,10-14,17-19,24H,2-4,8-9,15-16,20-21H2,1H3,(H,34,38). The molecule has 202 valence electrons. The van der Waals surface area contributed by atoms with E-state index in [1.807, 2.05) is 60.7 Å². The zero-order chi connectivity index (χ0) is 27.0. The summed E-state index contributed by atoms with van der Waals surface area (Å²) in [5, 5.41) is 4.02. The average molecular weight is 560 g/mol. The molecule has 1 atom stereocenters. The van der Waals surface area contributed by atoms with E-state index in [2.05, 4.69) is 22.9 Å². The Morgan fingerprint density at radius 3 is 2.46 bits per heavy atom. The first kappa shape index (κ1) is 26.1. The molecule has 6 rings (SSSR count). The number of aromatic nitrogens is 1. The second kappa shape index (κ2) is 10.8. The van der Waals surface area contributed by atoms with Gasteiger partial charge < -0.3 is 14.8 Å². The van der Waals surface area contributed by atoms with E-state index in [9.17, 15) is 9.59 Å². The Labute approximate surface area is 238 Å². The third-order valence-corrected chi connectivity index (χ3v) is 9.99. The van der Waals surface area contributed by atoms with Crippen molar-refractivity contribution in [1.82, 2.24) is 14.8 Å². The molecule has 5 nitrogen and oxygen atoms in total. The quantitative estimate of drug-likeness (QED) is 0.252. The molecule has 4 aromatic rings. The summed E-state index contributed by atoms with van der Waals surface area (Å²) in [7, 11) is 0. The van der Waals surface area contributed by atoms with Crippen LogP contribution < -0.4 is 5.32 Å². The number of carbonyl (C=O) groups excluding carboxylic acids is 2. The first-order valence-corrected chi connectivity index (χ1v) is 15.2. The van der Waals surface area contributed by atoms with Crippen molar-refractivity contribution in [3.8, 4) is 0 Å². The first-order chi connectivity index (χ1) is 19.0. The molecule has 1 saturated carbocycles. The third-order valence-electron chi connectivity index (χ3n) is 8.40. The van der Waals surface area contributed by atoms with E-state index in [4.69, 9.17) is 11.6 Å². The maximum atomic E-state index is 14.7. The number of benzene rings is 2. The molecule has 0 spiro atoms. The Balaban J connectivity index is 1.53. The van der Waals surface area contributed by atoms with E-state index >= 15 is 0 Å². The summed E-state index contributed by atoms with van der Waals surface area (Å²) >= 11 is 8.34. The van der Waals surface area contributed by atoms with Gasteiger partial charge in [0.05, 0.1) is 16.8 Å². The molecule has 0 bridgehead atoms. The Hall–Kier alpha value is -3.09. The van der Waals surface area contributed by atoms with Gasteiger partial charge in [0.1, 0.15) is 5.69 Å². The smallest absolute Gasteiger partial charge is 0.272 e. The minimum atomic E-state index is -1.23. The van der Waals surface area contributed by atoms with Crippen molar-refractivity contribution in [1.29, 1.82) is 0 Å². The van der Waals surface area contributed by atoms with Crippen molar-refractivity contribution < 1.29 is 9.59 Å². The molecule has 2 amide bonds. The van der Waals surface area contributed by atoms with Gasteiger partial charge in [-0.05, 0) is 48.6 Å². The molecule has 2 aromatic heterocycles. The molecular weight excluding hydrogens is 526 g/mol. The lowest BCUT2D eigenvalue weighted by Gasteiger charge is -2.47. The molecular formula is C32H34ClN3O2S. The summed E-state index contributed by atoms with van der Waals surface area (Å²) < 4.78 is 3.16. The fourth-order valence-corrected chi connectivity index (χ4v) is 7.50. The third kappa shape index (κ3) is 4.68. The van der Waals surface area contributed by atoms with Gasteiger partial charge in [0.2, 0.25) is 0 Å². The van der Waals surface area contributed by atoms with Crippen LogP contribution in [0.4, 0.5) is 0 Å². The highest BCUT2D eigenvalue weighted by molar-refractivity contribution is 7.19. The molecule has 7 heteroatoms. The summed E-state index contributed by atoms with van der Waals surface area (Å²) in [6.45, 7) is 2.74. The predicted octanol–water partition coefficient (Wildman–Crippen LogP) is 7.31. The fourth-order valence-electron chi connectivity index (χ4n) is 6.26. The summed E-state index contributed by atoms with van der Waals surface area (Å²) in [6.07, 6.45) is 7.52. The van der Waals surface area contributed by atoms with Crippen LogP contribution in [0.15, 0.2) is 66.7 Å². The highest BCUT2D eigenvalue weighted by atomic mass is 35.5. The lowest BCUT2D eigenvalue weighted by Crippen LogP contribution is -2.64. The number of thiophene rings is 1. The van der Waals surface area contributed by atoms with Crippen LogP contribution >= 0.6 is 22.9 Å². The number of carbonyl (C=O) groups is 2. The summed E-state index contributed by atoms with van der Waals surface area (Å²) in [5.41, 5.74) is 2.07. The van der Waals surface area contributed by atoms with Gasteiger partial charge in [-0.2, -0.15) is 0 Å². The van der Waals surface area contributed by atoms with Crippen LogP contribution in [0.5, 0.6) is 0 Å². The largest absolute Gasteiger partial charge is 0.351 e. The molecule has 39 heavy (non-hydrogen) atoms. The number of rotatable bonds is 6. The Morgan fingerprint density at radius 1 is 1.03 bits per heavy atom. The van der Waals surface area contributed by atoms with E-state index in [1.54, 1.807) is 16.2 Å². The van der Waals surface area contributed by atoms with E-state index < -0.39 is 5.54 Å². The molecule has 2 aliphatic rings. The van der Waals surface area contributed by atoms with Gasteiger partial charge in [0.15, 0.2) is 5.54 Å². The molecule has 2 aromatic carbocycles. The highest BCUT2D eigenvalue weighted by Crippen LogP contribution is 2.42. The molecule has 0 radical (unpaired) electrons. The lowest BCUT2D eigenvalue weighted by atomic mass is 9.83. The van der Waals surface area contributed by atoms with Gasteiger partial charge in [-0.1, -0.05) is 92.7 Å². The van der Waals surface area contributed by atoms with Gasteiger partial charge in [-0.15, -0.1) is 11.3 Å². The highest BCUT2D eigenvalue weighted by Gasteiger charge is 2.53. The van der Waals surface area contributed by atoms with Gasteiger partial charge in [0.25, 0.3) is 11.8 Å².